The minimum Gasteiger partial charge on any atom is -0.382 e. The molecule has 1 rings (SSSR count). The standard InChI is InChI=1S/C4H2BrF2N3/c5-1-2(6)9-4(7)10-3(1)8/h(H2,8,9,10). The van der Waals surface area contributed by atoms with Crippen molar-refractivity contribution < 1.29 is 8.78 Å². The van der Waals surface area contributed by atoms with Crippen molar-refractivity contribution in [2.24, 2.45) is 0 Å². The number of hydrogen-bond acceptors (Lipinski definition) is 3. The van der Waals surface area contributed by atoms with Crippen LogP contribution >= 0.6 is 15.9 Å². The van der Waals surface area contributed by atoms with Gasteiger partial charge in [-0.2, -0.15) is 18.7 Å². The van der Waals surface area contributed by atoms with E-state index in [0.717, 1.165) is 0 Å². The fourth-order valence-corrected chi connectivity index (χ4v) is 0.587. The number of halogens is 3. The van der Waals surface area contributed by atoms with Gasteiger partial charge < -0.3 is 5.73 Å². The molecule has 0 amide bonds. The molecule has 0 saturated heterocycles. The number of nitrogens with two attached hydrogens (primary N) is 1. The maximum absolute atomic E-state index is 12.3. The van der Waals surface area contributed by atoms with E-state index < -0.39 is 12.0 Å². The minimum absolute atomic E-state index is 0.117. The Labute approximate surface area is 63.4 Å². The normalized spacial score (nSPS) is 9.90. The summed E-state index contributed by atoms with van der Waals surface area (Å²) in [5.74, 6) is -1.24. The van der Waals surface area contributed by atoms with Gasteiger partial charge in [0.25, 0.3) is 0 Å². The van der Waals surface area contributed by atoms with Crippen LogP contribution in [-0.2, 0) is 0 Å². The van der Waals surface area contributed by atoms with Gasteiger partial charge >= 0.3 is 6.08 Å². The predicted molar refractivity (Wildman–Crippen MR) is 34.1 cm³/mol. The van der Waals surface area contributed by atoms with E-state index in [1.165, 1.54) is 0 Å². The molecular formula is C4H2BrF2N3. The summed E-state index contributed by atoms with van der Waals surface area (Å²) in [7, 11) is 0. The average Bonchev–Trinajstić information content (AvgIpc) is 1.82. The summed E-state index contributed by atoms with van der Waals surface area (Å²) in [6, 6.07) is 0. The van der Waals surface area contributed by atoms with E-state index in [2.05, 4.69) is 25.9 Å². The highest BCUT2D eigenvalue weighted by molar-refractivity contribution is 9.10. The number of nitrogens with zero attached hydrogens (tertiary/aromatic N) is 2. The summed E-state index contributed by atoms with van der Waals surface area (Å²) >= 11 is 2.72. The smallest absolute Gasteiger partial charge is 0.313 e. The monoisotopic (exact) mass is 209 g/mol. The molecule has 1 heterocycles. The topological polar surface area (TPSA) is 51.8 Å². The Bertz CT molecular complexity index is 242. The molecule has 1 aromatic heterocycles. The fourth-order valence-electron chi connectivity index (χ4n) is 0.409. The van der Waals surface area contributed by atoms with E-state index in [4.69, 9.17) is 5.73 Å². The van der Waals surface area contributed by atoms with Gasteiger partial charge in [-0.3, -0.25) is 0 Å². The van der Waals surface area contributed by atoms with Crippen LogP contribution in [0, 0.1) is 12.0 Å². The highest BCUT2D eigenvalue weighted by Crippen LogP contribution is 2.18. The van der Waals surface area contributed by atoms with Gasteiger partial charge in [-0.05, 0) is 15.9 Å². The summed E-state index contributed by atoms with van der Waals surface area (Å²) in [5.41, 5.74) is 5.04. The van der Waals surface area contributed by atoms with Crippen molar-refractivity contribution in [2.75, 3.05) is 5.73 Å². The molecule has 0 aliphatic rings. The summed E-state index contributed by atoms with van der Waals surface area (Å²) in [4.78, 5) is 5.81. The maximum atomic E-state index is 12.3. The molecule has 0 saturated carbocycles. The van der Waals surface area contributed by atoms with E-state index in [1.54, 1.807) is 0 Å². The van der Waals surface area contributed by atoms with Crippen molar-refractivity contribution in [3.05, 3.63) is 16.5 Å². The third-order valence-electron chi connectivity index (χ3n) is 0.809. The lowest BCUT2D eigenvalue weighted by molar-refractivity contribution is 0.481. The average molecular weight is 210 g/mol. The summed E-state index contributed by atoms with van der Waals surface area (Å²) < 4.78 is 24.3. The van der Waals surface area contributed by atoms with E-state index in [9.17, 15) is 8.78 Å². The van der Waals surface area contributed by atoms with Crippen LogP contribution in [0.1, 0.15) is 0 Å². The zero-order chi connectivity index (χ0) is 7.72. The molecule has 2 N–H and O–H groups in total. The van der Waals surface area contributed by atoms with E-state index in [0.29, 0.717) is 0 Å². The Hall–Kier alpha value is -0.780. The number of aromatic nitrogens is 2. The predicted octanol–water partition coefficient (Wildman–Crippen LogP) is 1.10. The van der Waals surface area contributed by atoms with Crippen molar-refractivity contribution in [2.45, 2.75) is 0 Å². The van der Waals surface area contributed by atoms with Gasteiger partial charge in [0.2, 0.25) is 5.95 Å². The molecule has 0 aliphatic heterocycles. The maximum Gasteiger partial charge on any atom is 0.313 e. The van der Waals surface area contributed by atoms with Crippen molar-refractivity contribution in [1.29, 1.82) is 0 Å². The van der Waals surface area contributed by atoms with Gasteiger partial charge in [-0.1, -0.05) is 0 Å². The molecule has 0 unspecified atom stereocenters. The third-order valence-corrected chi connectivity index (χ3v) is 1.54. The minimum atomic E-state index is -1.17. The van der Waals surface area contributed by atoms with Crippen LogP contribution < -0.4 is 5.73 Å². The molecule has 1 aromatic rings. The lowest BCUT2D eigenvalue weighted by Crippen LogP contribution is -2.00. The van der Waals surface area contributed by atoms with Gasteiger partial charge in [-0.25, -0.2) is 0 Å². The first-order valence-corrected chi connectivity index (χ1v) is 3.04. The summed E-state index contributed by atoms with van der Waals surface area (Å²) in [6.45, 7) is 0. The summed E-state index contributed by atoms with van der Waals surface area (Å²) in [6.07, 6.45) is -1.17. The Balaban J connectivity index is 3.31. The Morgan fingerprint density at radius 3 is 2.40 bits per heavy atom. The van der Waals surface area contributed by atoms with Crippen LogP contribution in [0.5, 0.6) is 0 Å². The second kappa shape index (κ2) is 2.45. The van der Waals surface area contributed by atoms with Crippen LogP contribution in [0.2, 0.25) is 0 Å². The molecular weight excluding hydrogens is 208 g/mol. The van der Waals surface area contributed by atoms with Crippen molar-refractivity contribution in [3.63, 3.8) is 0 Å². The highest BCUT2D eigenvalue weighted by atomic mass is 79.9. The van der Waals surface area contributed by atoms with Gasteiger partial charge in [0.1, 0.15) is 10.3 Å². The lowest BCUT2D eigenvalue weighted by atomic mass is 10.6. The fraction of sp³-hybridized carbons (Fsp3) is 0. The molecule has 0 spiro atoms. The zero-order valence-electron chi connectivity index (χ0n) is 4.61. The first-order valence-electron chi connectivity index (χ1n) is 2.25. The SMILES string of the molecule is Nc1nc(F)nc(F)c1Br. The highest BCUT2D eigenvalue weighted by Gasteiger charge is 2.07. The lowest BCUT2D eigenvalue weighted by Gasteiger charge is -1.95. The Morgan fingerprint density at radius 1 is 1.30 bits per heavy atom. The summed E-state index contributed by atoms with van der Waals surface area (Å²) in [5, 5.41) is 0. The van der Waals surface area contributed by atoms with Crippen LogP contribution in [0.3, 0.4) is 0 Å². The molecule has 0 fully saturated rings. The van der Waals surface area contributed by atoms with Crippen LogP contribution in [0.15, 0.2) is 4.47 Å². The van der Waals surface area contributed by atoms with Crippen LogP contribution in [0.4, 0.5) is 14.6 Å². The molecule has 0 bridgehead atoms. The van der Waals surface area contributed by atoms with Gasteiger partial charge in [0, 0.05) is 0 Å². The quantitative estimate of drug-likeness (QED) is 0.515. The zero-order valence-corrected chi connectivity index (χ0v) is 6.19. The van der Waals surface area contributed by atoms with Crippen molar-refractivity contribution >= 4 is 21.7 Å². The largest absolute Gasteiger partial charge is 0.382 e. The molecule has 0 radical (unpaired) electrons. The molecule has 54 valence electrons. The molecule has 0 atom stereocenters. The first-order chi connectivity index (χ1) is 4.61. The molecule has 10 heavy (non-hydrogen) atoms. The number of hydrogen-bond donors (Lipinski definition) is 1. The third kappa shape index (κ3) is 1.21. The van der Waals surface area contributed by atoms with Crippen molar-refractivity contribution in [3.8, 4) is 0 Å². The number of anilines is 1. The van der Waals surface area contributed by atoms with Gasteiger partial charge in [0.15, 0.2) is 0 Å². The molecule has 0 aromatic carbocycles. The second-order valence-corrected chi connectivity index (χ2v) is 2.28. The molecule has 0 aliphatic carbocycles. The van der Waals surface area contributed by atoms with Crippen LogP contribution in [-0.4, -0.2) is 9.97 Å². The van der Waals surface area contributed by atoms with Gasteiger partial charge in [0.05, 0.1) is 0 Å². The van der Waals surface area contributed by atoms with E-state index >= 15 is 0 Å². The van der Waals surface area contributed by atoms with Crippen molar-refractivity contribution in [1.82, 2.24) is 9.97 Å². The molecule has 3 nitrogen and oxygen atoms in total. The van der Waals surface area contributed by atoms with Crippen LogP contribution in [0.25, 0.3) is 0 Å². The van der Waals surface area contributed by atoms with E-state index in [-0.39, 0.29) is 10.3 Å². The first kappa shape index (κ1) is 7.33. The second-order valence-electron chi connectivity index (χ2n) is 1.48. The van der Waals surface area contributed by atoms with E-state index in [1.807, 2.05) is 0 Å². The number of rotatable bonds is 0. The number of nitrogen functional groups attached to an aromatic ring is 1. The van der Waals surface area contributed by atoms with Gasteiger partial charge in [-0.15, -0.1) is 0 Å². The Kier molecular flexibility index (Phi) is 1.80. The Morgan fingerprint density at radius 2 is 1.90 bits per heavy atom. The molecule has 6 heteroatoms.